The Balaban J connectivity index is 3.44. The van der Waals surface area contributed by atoms with Gasteiger partial charge in [-0.3, -0.25) is 9.13 Å². The molecule has 0 radical (unpaired) electrons. The minimum atomic E-state index is -3.51. The Bertz CT molecular complexity index is 427. The molecule has 2 N–H and O–H groups in total. The fraction of sp³-hybridized carbons (Fsp3) is 0.400. The van der Waals surface area contributed by atoms with E-state index < -0.39 is 14.7 Å². The van der Waals surface area contributed by atoms with Crippen molar-refractivity contribution in [3.05, 3.63) is 24.3 Å². The highest BCUT2D eigenvalue weighted by molar-refractivity contribution is 7.72. The van der Waals surface area contributed by atoms with Crippen molar-refractivity contribution < 1.29 is 18.9 Å². The van der Waals surface area contributed by atoms with Crippen molar-refractivity contribution in [1.82, 2.24) is 0 Å². The zero-order valence-electron chi connectivity index (χ0n) is 9.33. The van der Waals surface area contributed by atoms with Crippen LogP contribution in [0.5, 0.6) is 0 Å². The Morgan fingerprint density at radius 1 is 0.938 bits per heavy atom. The Morgan fingerprint density at radius 2 is 1.25 bits per heavy atom. The summed E-state index contributed by atoms with van der Waals surface area (Å²) >= 11 is 0. The first-order valence-electron chi connectivity index (χ1n) is 5.09. The first-order valence-corrected chi connectivity index (χ1v) is 8.78. The Kier molecular flexibility index (Phi) is 4.14. The van der Waals surface area contributed by atoms with E-state index in [0.717, 1.165) is 0 Å². The van der Waals surface area contributed by atoms with Gasteiger partial charge in [0.25, 0.3) is 0 Å². The summed E-state index contributed by atoms with van der Waals surface area (Å²) in [6.07, 6.45) is 0.126. The molecule has 1 aromatic carbocycles. The molecule has 0 amide bonds. The molecule has 0 aromatic heterocycles. The zero-order chi connectivity index (χ0) is 12.4. The van der Waals surface area contributed by atoms with E-state index in [2.05, 4.69) is 0 Å². The molecular weight excluding hydrogens is 246 g/mol. The monoisotopic (exact) mass is 262 g/mol. The molecule has 90 valence electrons. The van der Waals surface area contributed by atoms with Gasteiger partial charge in [-0.05, 0) is 12.1 Å². The summed E-state index contributed by atoms with van der Waals surface area (Å²) < 4.78 is 23.8. The van der Waals surface area contributed by atoms with Crippen LogP contribution in [0, 0.1) is 0 Å². The van der Waals surface area contributed by atoms with Gasteiger partial charge in [0.2, 0.25) is 14.7 Å². The topological polar surface area (TPSA) is 74.6 Å². The van der Waals surface area contributed by atoms with Gasteiger partial charge in [-0.1, -0.05) is 26.0 Å². The fourth-order valence-corrected chi connectivity index (χ4v) is 4.52. The first-order chi connectivity index (χ1) is 7.35. The standard InChI is InChI=1S/C10H16O4P2/c1-3-15(11,12)9-7-5-6-8-10(9)16(13,14)4-2/h5-8H,3-4H2,1-2H3,(H,11,12)(H,13,14). The van der Waals surface area contributed by atoms with E-state index in [9.17, 15) is 18.9 Å². The van der Waals surface area contributed by atoms with Crippen molar-refractivity contribution in [3.63, 3.8) is 0 Å². The normalized spacial score (nSPS) is 18.8. The van der Waals surface area contributed by atoms with E-state index in [4.69, 9.17) is 0 Å². The van der Waals surface area contributed by atoms with Crippen LogP contribution in [0.1, 0.15) is 13.8 Å². The number of hydrogen-bond acceptors (Lipinski definition) is 2. The number of hydrogen-bond donors (Lipinski definition) is 2. The Labute approximate surface area is 95.2 Å². The third-order valence-electron chi connectivity index (χ3n) is 2.49. The summed E-state index contributed by atoms with van der Waals surface area (Å²) in [6, 6.07) is 6.12. The second kappa shape index (κ2) is 4.85. The van der Waals surface area contributed by atoms with E-state index in [-0.39, 0.29) is 22.9 Å². The highest BCUT2D eigenvalue weighted by atomic mass is 31.2. The molecule has 0 bridgehead atoms. The molecule has 2 atom stereocenters. The van der Waals surface area contributed by atoms with Crippen LogP contribution in [0.15, 0.2) is 24.3 Å². The van der Waals surface area contributed by atoms with Crippen LogP contribution < -0.4 is 10.6 Å². The molecule has 1 aromatic rings. The van der Waals surface area contributed by atoms with Gasteiger partial charge in [0.05, 0.1) is 0 Å². The van der Waals surface area contributed by atoms with E-state index in [1.807, 2.05) is 0 Å². The van der Waals surface area contributed by atoms with Gasteiger partial charge in [0, 0.05) is 22.9 Å². The largest absolute Gasteiger partial charge is 0.341 e. The van der Waals surface area contributed by atoms with Crippen molar-refractivity contribution in [2.24, 2.45) is 0 Å². The number of benzene rings is 1. The molecule has 0 saturated heterocycles. The summed E-state index contributed by atoms with van der Waals surface area (Å²) in [7, 11) is -7.01. The van der Waals surface area contributed by atoms with Crippen molar-refractivity contribution in [2.75, 3.05) is 12.3 Å². The Hall–Kier alpha value is -0.400. The van der Waals surface area contributed by atoms with E-state index in [1.54, 1.807) is 26.0 Å². The SMILES string of the molecule is CCP(=O)(O)c1ccccc1P(=O)(O)CC. The van der Waals surface area contributed by atoms with Crippen molar-refractivity contribution >= 4 is 25.3 Å². The molecule has 0 heterocycles. The first kappa shape index (κ1) is 13.7. The average molecular weight is 262 g/mol. The molecule has 0 saturated carbocycles. The second-order valence-corrected chi connectivity index (χ2v) is 8.56. The van der Waals surface area contributed by atoms with E-state index >= 15 is 0 Å². The van der Waals surface area contributed by atoms with Crippen LogP contribution >= 0.6 is 14.7 Å². The van der Waals surface area contributed by atoms with Crippen molar-refractivity contribution in [2.45, 2.75) is 13.8 Å². The van der Waals surface area contributed by atoms with E-state index in [0.29, 0.717) is 0 Å². The molecule has 2 unspecified atom stereocenters. The molecule has 4 nitrogen and oxygen atoms in total. The Morgan fingerprint density at radius 3 is 1.50 bits per heavy atom. The van der Waals surface area contributed by atoms with Gasteiger partial charge in [-0.2, -0.15) is 0 Å². The highest BCUT2D eigenvalue weighted by Gasteiger charge is 2.29. The molecule has 0 aliphatic heterocycles. The second-order valence-electron chi connectivity index (χ2n) is 3.52. The van der Waals surface area contributed by atoms with Crippen LogP contribution in [0.25, 0.3) is 0 Å². The average Bonchev–Trinajstić information content (AvgIpc) is 2.29. The third kappa shape index (κ3) is 2.64. The fourth-order valence-electron chi connectivity index (χ4n) is 1.40. The van der Waals surface area contributed by atoms with Crippen LogP contribution in [-0.4, -0.2) is 22.1 Å². The highest BCUT2D eigenvalue weighted by Crippen LogP contribution is 2.44. The summed E-state index contributed by atoms with van der Waals surface area (Å²) in [5.41, 5.74) is 0. The summed E-state index contributed by atoms with van der Waals surface area (Å²) in [5.74, 6) is 0. The molecule has 16 heavy (non-hydrogen) atoms. The van der Waals surface area contributed by atoms with E-state index in [1.165, 1.54) is 12.1 Å². The predicted octanol–water partition coefficient (Wildman–Crippen LogP) is 1.52. The van der Waals surface area contributed by atoms with Crippen LogP contribution in [0.3, 0.4) is 0 Å². The van der Waals surface area contributed by atoms with Crippen LogP contribution in [0.2, 0.25) is 0 Å². The van der Waals surface area contributed by atoms with Crippen LogP contribution in [-0.2, 0) is 9.13 Å². The minimum absolute atomic E-state index is 0.0632. The molecule has 0 fully saturated rings. The van der Waals surface area contributed by atoms with Gasteiger partial charge in [0.15, 0.2) is 0 Å². The summed E-state index contributed by atoms with van der Waals surface area (Å²) in [4.78, 5) is 19.5. The maximum absolute atomic E-state index is 11.9. The quantitative estimate of drug-likeness (QED) is 0.807. The molecule has 0 aliphatic rings. The summed E-state index contributed by atoms with van der Waals surface area (Å²) in [6.45, 7) is 3.18. The third-order valence-corrected chi connectivity index (χ3v) is 6.67. The van der Waals surface area contributed by atoms with Crippen molar-refractivity contribution in [3.8, 4) is 0 Å². The number of rotatable bonds is 4. The smallest absolute Gasteiger partial charge is 0.230 e. The maximum Gasteiger partial charge on any atom is 0.230 e. The van der Waals surface area contributed by atoms with Gasteiger partial charge >= 0.3 is 0 Å². The zero-order valence-corrected chi connectivity index (χ0v) is 11.1. The lowest BCUT2D eigenvalue weighted by Crippen LogP contribution is -2.26. The van der Waals surface area contributed by atoms with Gasteiger partial charge in [0.1, 0.15) is 0 Å². The van der Waals surface area contributed by atoms with Crippen LogP contribution in [0.4, 0.5) is 0 Å². The minimum Gasteiger partial charge on any atom is -0.341 e. The lowest BCUT2D eigenvalue weighted by atomic mass is 10.4. The summed E-state index contributed by atoms with van der Waals surface area (Å²) in [5, 5.41) is 0.232. The molecule has 6 heteroatoms. The lowest BCUT2D eigenvalue weighted by Gasteiger charge is -2.17. The molecule has 1 rings (SSSR count). The van der Waals surface area contributed by atoms with Crippen molar-refractivity contribution in [1.29, 1.82) is 0 Å². The molecular formula is C10H16O4P2. The van der Waals surface area contributed by atoms with Gasteiger partial charge < -0.3 is 9.79 Å². The maximum atomic E-state index is 11.9. The predicted molar refractivity (Wildman–Crippen MR) is 66.4 cm³/mol. The molecule has 0 spiro atoms. The molecule has 0 aliphatic carbocycles. The van der Waals surface area contributed by atoms with Gasteiger partial charge in [-0.15, -0.1) is 0 Å². The van der Waals surface area contributed by atoms with Gasteiger partial charge in [-0.25, -0.2) is 0 Å². The lowest BCUT2D eigenvalue weighted by molar-refractivity contribution is 0.486.